The van der Waals surface area contributed by atoms with Crippen molar-refractivity contribution in [3.63, 3.8) is 0 Å². The summed E-state index contributed by atoms with van der Waals surface area (Å²) in [5.74, 6) is 0. The molecule has 68 valence electrons. The van der Waals surface area contributed by atoms with Crippen molar-refractivity contribution in [2.24, 2.45) is 0 Å². The number of aliphatic hydroxyl groups is 1. The Morgan fingerprint density at radius 2 is 2.23 bits per heavy atom. The van der Waals surface area contributed by atoms with Crippen LogP contribution in [-0.4, -0.2) is 11.4 Å². The summed E-state index contributed by atoms with van der Waals surface area (Å²) in [5.41, 5.74) is 2.39. The van der Waals surface area contributed by atoms with Crippen LogP contribution in [0.5, 0.6) is 0 Å². The topological polar surface area (TPSA) is 44.0 Å². The van der Waals surface area contributed by atoms with Crippen molar-refractivity contribution in [1.82, 2.24) is 0 Å². The molecule has 0 atom stereocenters. The third-order valence-corrected chi connectivity index (χ3v) is 2.82. The summed E-state index contributed by atoms with van der Waals surface area (Å²) in [7, 11) is 0. The van der Waals surface area contributed by atoms with Gasteiger partial charge >= 0.3 is 0 Å². The number of hydrogen-bond acceptors (Lipinski definition) is 3. The molecule has 0 saturated heterocycles. The molecule has 0 unspecified atom stereocenters. The lowest BCUT2D eigenvalue weighted by molar-refractivity contribution is 0.281. The van der Waals surface area contributed by atoms with E-state index in [1.165, 1.54) is 0 Å². The second-order valence-corrected chi connectivity index (χ2v) is 3.54. The Morgan fingerprint density at radius 1 is 1.54 bits per heavy atom. The molecule has 0 amide bonds. The largest absolute Gasteiger partial charge is 0.392 e. The molecule has 0 saturated carbocycles. The molecule has 0 aliphatic rings. The van der Waals surface area contributed by atoms with E-state index in [0.29, 0.717) is 5.56 Å². The average Bonchev–Trinajstić information content (AvgIpc) is 2.17. The van der Waals surface area contributed by atoms with E-state index >= 15 is 0 Å². The van der Waals surface area contributed by atoms with Gasteiger partial charge < -0.3 is 5.11 Å². The molecule has 3 heteroatoms. The van der Waals surface area contributed by atoms with Crippen LogP contribution < -0.4 is 0 Å². The number of nitriles is 1. The molecule has 1 N–H and O–H groups in total. The maximum absolute atomic E-state index is 8.99. The summed E-state index contributed by atoms with van der Waals surface area (Å²) in [6.45, 7) is 1.86. The van der Waals surface area contributed by atoms with Crippen LogP contribution in [0.25, 0.3) is 0 Å². The van der Waals surface area contributed by atoms with E-state index < -0.39 is 0 Å². The van der Waals surface area contributed by atoms with Crippen molar-refractivity contribution < 1.29 is 5.11 Å². The highest BCUT2D eigenvalue weighted by Gasteiger charge is 2.07. The zero-order chi connectivity index (χ0) is 9.84. The molecule has 1 aromatic carbocycles. The van der Waals surface area contributed by atoms with Crippen LogP contribution in [-0.2, 0) is 6.61 Å². The van der Waals surface area contributed by atoms with E-state index in [9.17, 15) is 0 Å². The first-order chi connectivity index (χ1) is 6.24. The van der Waals surface area contributed by atoms with Crippen LogP contribution >= 0.6 is 11.8 Å². The summed E-state index contributed by atoms with van der Waals surface area (Å²) in [6, 6.07) is 5.90. The average molecular weight is 193 g/mol. The first-order valence-electron chi connectivity index (χ1n) is 3.92. The third kappa shape index (κ3) is 1.85. The fraction of sp³-hybridized carbons (Fsp3) is 0.300. The SMILES string of the molecule is CSc1ccc(CO)c(C)c1C#N. The maximum Gasteiger partial charge on any atom is 0.101 e. The molecular formula is C10H11NOS. The van der Waals surface area contributed by atoms with Crippen molar-refractivity contribution in [2.45, 2.75) is 18.4 Å². The summed E-state index contributed by atoms with van der Waals surface area (Å²) >= 11 is 1.55. The van der Waals surface area contributed by atoms with Crippen LogP contribution in [0.15, 0.2) is 17.0 Å². The molecule has 13 heavy (non-hydrogen) atoms. The Kier molecular flexibility index (Phi) is 3.35. The van der Waals surface area contributed by atoms with Gasteiger partial charge in [0.1, 0.15) is 6.07 Å². The monoisotopic (exact) mass is 193 g/mol. The smallest absolute Gasteiger partial charge is 0.101 e. The van der Waals surface area contributed by atoms with Crippen LogP contribution in [0.2, 0.25) is 0 Å². The van der Waals surface area contributed by atoms with Gasteiger partial charge in [-0.05, 0) is 30.4 Å². The van der Waals surface area contributed by atoms with Gasteiger partial charge in [-0.3, -0.25) is 0 Å². The molecule has 2 nitrogen and oxygen atoms in total. The van der Waals surface area contributed by atoms with Gasteiger partial charge in [0.2, 0.25) is 0 Å². The van der Waals surface area contributed by atoms with Gasteiger partial charge in [-0.15, -0.1) is 11.8 Å². The van der Waals surface area contributed by atoms with Gasteiger partial charge in [-0.2, -0.15) is 5.26 Å². The second kappa shape index (κ2) is 4.31. The minimum absolute atomic E-state index is 0.00479. The lowest BCUT2D eigenvalue weighted by Gasteiger charge is -2.07. The molecule has 1 rings (SSSR count). The van der Waals surface area contributed by atoms with Gasteiger partial charge in [-0.1, -0.05) is 6.07 Å². The van der Waals surface area contributed by atoms with Crippen molar-refractivity contribution in [3.05, 3.63) is 28.8 Å². The lowest BCUT2D eigenvalue weighted by Crippen LogP contribution is -1.94. The zero-order valence-electron chi connectivity index (χ0n) is 7.66. The first kappa shape index (κ1) is 10.1. The van der Waals surface area contributed by atoms with Gasteiger partial charge in [-0.25, -0.2) is 0 Å². The van der Waals surface area contributed by atoms with Gasteiger partial charge in [0.25, 0.3) is 0 Å². The highest BCUT2D eigenvalue weighted by Crippen LogP contribution is 2.24. The van der Waals surface area contributed by atoms with Crippen LogP contribution in [0.1, 0.15) is 16.7 Å². The number of thioether (sulfide) groups is 1. The molecule has 0 aliphatic carbocycles. The number of rotatable bonds is 2. The molecule has 0 radical (unpaired) electrons. The standard InChI is InChI=1S/C10H11NOS/c1-7-8(6-12)3-4-10(13-2)9(7)5-11/h3-4,12H,6H2,1-2H3. The van der Waals surface area contributed by atoms with E-state index in [0.717, 1.165) is 16.0 Å². The molecule has 0 bridgehead atoms. The number of aliphatic hydroxyl groups excluding tert-OH is 1. The number of nitrogens with zero attached hydrogens (tertiary/aromatic N) is 1. The Bertz CT molecular complexity index is 355. The molecule has 0 spiro atoms. The first-order valence-corrected chi connectivity index (χ1v) is 5.14. The zero-order valence-corrected chi connectivity index (χ0v) is 8.48. The van der Waals surface area contributed by atoms with Crippen LogP contribution in [0, 0.1) is 18.3 Å². The molecule has 1 aromatic rings. The van der Waals surface area contributed by atoms with Gasteiger partial charge in [0.05, 0.1) is 12.2 Å². The van der Waals surface area contributed by atoms with Crippen LogP contribution in [0.4, 0.5) is 0 Å². The fourth-order valence-corrected chi connectivity index (χ4v) is 1.82. The molecule has 0 fully saturated rings. The van der Waals surface area contributed by atoms with Crippen molar-refractivity contribution in [2.75, 3.05) is 6.26 Å². The summed E-state index contributed by atoms with van der Waals surface area (Å²) < 4.78 is 0. The predicted octanol–water partition coefficient (Wildman–Crippen LogP) is 2.08. The molecule has 0 heterocycles. The van der Waals surface area contributed by atoms with Crippen molar-refractivity contribution in [3.8, 4) is 6.07 Å². The Balaban J connectivity index is 3.34. The van der Waals surface area contributed by atoms with E-state index in [-0.39, 0.29) is 6.61 Å². The van der Waals surface area contributed by atoms with E-state index in [4.69, 9.17) is 10.4 Å². The Labute approximate surface area is 82.2 Å². The van der Waals surface area contributed by atoms with Crippen molar-refractivity contribution in [1.29, 1.82) is 5.26 Å². The summed E-state index contributed by atoms with van der Waals surface area (Å²) in [4.78, 5) is 0.970. The highest BCUT2D eigenvalue weighted by molar-refractivity contribution is 7.98. The molecule has 0 aliphatic heterocycles. The van der Waals surface area contributed by atoms with Crippen LogP contribution in [0.3, 0.4) is 0 Å². The van der Waals surface area contributed by atoms with E-state index in [1.807, 2.05) is 25.3 Å². The predicted molar refractivity (Wildman–Crippen MR) is 53.6 cm³/mol. The van der Waals surface area contributed by atoms with Crippen molar-refractivity contribution >= 4 is 11.8 Å². The minimum atomic E-state index is -0.00479. The third-order valence-electron chi connectivity index (χ3n) is 2.04. The lowest BCUT2D eigenvalue weighted by atomic mass is 10.0. The second-order valence-electron chi connectivity index (χ2n) is 2.70. The number of hydrogen-bond donors (Lipinski definition) is 1. The van der Waals surface area contributed by atoms with Gasteiger partial charge in [0, 0.05) is 4.90 Å². The van der Waals surface area contributed by atoms with Gasteiger partial charge in [0.15, 0.2) is 0 Å². The summed E-state index contributed by atoms with van der Waals surface area (Å²) in [5, 5.41) is 17.9. The summed E-state index contributed by atoms with van der Waals surface area (Å²) in [6.07, 6.45) is 1.94. The maximum atomic E-state index is 8.99. The fourth-order valence-electron chi connectivity index (χ4n) is 1.21. The Morgan fingerprint density at radius 3 is 2.69 bits per heavy atom. The molecular weight excluding hydrogens is 182 g/mol. The highest BCUT2D eigenvalue weighted by atomic mass is 32.2. The number of benzene rings is 1. The minimum Gasteiger partial charge on any atom is -0.392 e. The quantitative estimate of drug-likeness (QED) is 0.731. The van der Waals surface area contributed by atoms with E-state index in [2.05, 4.69) is 6.07 Å². The molecule has 0 aromatic heterocycles. The Hall–Kier alpha value is -0.980. The normalized spacial score (nSPS) is 9.69. The van der Waals surface area contributed by atoms with E-state index in [1.54, 1.807) is 11.8 Å².